The van der Waals surface area contributed by atoms with Gasteiger partial charge in [0, 0.05) is 22.6 Å². The van der Waals surface area contributed by atoms with Crippen molar-refractivity contribution in [3.63, 3.8) is 0 Å². The molecule has 0 bridgehead atoms. The van der Waals surface area contributed by atoms with E-state index in [4.69, 9.17) is 0 Å². The molecule has 0 atom stereocenters. The van der Waals surface area contributed by atoms with E-state index in [1.54, 1.807) is 24.3 Å². The molecule has 6 nitrogen and oxygen atoms in total. The van der Waals surface area contributed by atoms with Gasteiger partial charge in [-0.15, -0.1) is 10.2 Å². The molecule has 0 saturated heterocycles. The van der Waals surface area contributed by atoms with Gasteiger partial charge in [0.15, 0.2) is 0 Å². The summed E-state index contributed by atoms with van der Waals surface area (Å²) in [6.07, 6.45) is 0.944. The van der Waals surface area contributed by atoms with Crippen molar-refractivity contribution in [3.05, 3.63) is 34.8 Å². The Balaban J connectivity index is 2.03. The Bertz CT molecular complexity index is 751. The van der Waals surface area contributed by atoms with Crippen molar-refractivity contribution in [1.29, 1.82) is 0 Å². The Labute approximate surface area is 152 Å². The number of rotatable bonds is 6. The lowest BCUT2D eigenvalue weighted by Gasteiger charge is -2.17. The molecular formula is C18H24N4O2S. The third kappa shape index (κ3) is 4.85. The molecular weight excluding hydrogens is 336 g/mol. The predicted octanol–water partition coefficient (Wildman–Crippen LogP) is 4.07. The van der Waals surface area contributed by atoms with Gasteiger partial charge in [-0.1, -0.05) is 46.0 Å². The number of hydrogen-bond acceptors (Lipinski definition) is 5. The van der Waals surface area contributed by atoms with Gasteiger partial charge in [0.2, 0.25) is 11.0 Å². The van der Waals surface area contributed by atoms with Crippen LogP contribution in [0.2, 0.25) is 0 Å². The maximum atomic E-state index is 12.3. The number of carbonyl (C=O) groups is 2. The molecule has 1 aromatic carbocycles. The Morgan fingerprint density at radius 2 is 1.76 bits per heavy atom. The van der Waals surface area contributed by atoms with Crippen molar-refractivity contribution in [3.8, 4) is 0 Å². The zero-order chi connectivity index (χ0) is 18.6. The van der Waals surface area contributed by atoms with E-state index in [1.165, 1.54) is 11.3 Å². The van der Waals surface area contributed by atoms with Crippen molar-refractivity contribution >= 4 is 34.0 Å². The smallest absolute Gasteiger partial charge is 0.257 e. The fraction of sp³-hybridized carbons (Fsp3) is 0.444. The van der Waals surface area contributed by atoms with Crippen LogP contribution < -0.4 is 10.6 Å². The average molecular weight is 360 g/mol. The molecule has 0 saturated carbocycles. The first-order chi connectivity index (χ1) is 11.7. The molecule has 7 heteroatoms. The second-order valence-corrected chi connectivity index (χ2v) is 7.80. The van der Waals surface area contributed by atoms with E-state index in [2.05, 4.69) is 41.6 Å². The largest absolute Gasteiger partial charge is 0.326 e. The Kier molecular flexibility index (Phi) is 5.89. The van der Waals surface area contributed by atoms with E-state index in [-0.39, 0.29) is 23.1 Å². The van der Waals surface area contributed by atoms with Crippen LogP contribution in [0.1, 0.15) is 56.4 Å². The summed E-state index contributed by atoms with van der Waals surface area (Å²) in [5.41, 5.74) is 1.10. The molecule has 2 rings (SSSR count). The number of amides is 2. The van der Waals surface area contributed by atoms with Crippen LogP contribution in [0.15, 0.2) is 24.3 Å². The molecule has 2 amide bonds. The Hall–Kier alpha value is -2.28. The summed E-state index contributed by atoms with van der Waals surface area (Å²) in [7, 11) is 0. The molecule has 1 heterocycles. The third-order valence-electron chi connectivity index (χ3n) is 4.05. The second kappa shape index (κ2) is 7.74. The van der Waals surface area contributed by atoms with Crippen molar-refractivity contribution in [2.75, 3.05) is 10.6 Å². The third-order valence-corrected chi connectivity index (χ3v) is 5.25. The van der Waals surface area contributed by atoms with Gasteiger partial charge in [0.1, 0.15) is 5.01 Å². The minimum Gasteiger partial charge on any atom is -0.326 e. The molecule has 0 spiro atoms. The summed E-state index contributed by atoms with van der Waals surface area (Å²) in [4.78, 5) is 24.0. The van der Waals surface area contributed by atoms with Crippen molar-refractivity contribution in [2.45, 2.75) is 46.5 Å². The van der Waals surface area contributed by atoms with Gasteiger partial charge in [0.25, 0.3) is 5.91 Å². The molecule has 2 aromatic rings. The summed E-state index contributed by atoms with van der Waals surface area (Å²) in [5.74, 6) is -0.405. The average Bonchev–Trinajstić information content (AvgIpc) is 3.04. The van der Waals surface area contributed by atoms with Crippen LogP contribution >= 0.6 is 11.3 Å². The first kappa shape index (κ1) is 19.1. The molecule has 0 aliphatic carbocycles. The highest BCUT2D eigenvalue weighted by Crippen LogP contribution is 2.31. The Morgan fingerprint density at radius 3 is 2.32 bits per heavy atom. The van der Waals surface area contributed by atoms with Crippen molar-refractivity contribution in [1.82, 2.24) is 10.2 Å². The number of carbonyl (C=O) groups excluding carboxylic acids is 2. The summed E-state index contributed by atoms with van der Waals surface area (Å²) in [6.45, 7) is 9.95. The quantitative estimate of drug-likeness (QED) is 0.813. The van der Waals surface area contributed by atoms with E-state index >= 15 is 0 Å². The van der Waals surface area contributed by atoms with Crippen LogP contribution in [0.25, 0.3) is 0 Å². The lowest BCUT2D eigenvalue weighted by atomic mass is 9.91. The van der Waals surface area contributed by atoms with Gasteiger partial charge < -0.3 is 5.32 Å². The standard InChI is InChI=1S/C18H24N4O2S/c1-6-18(4,5)16-21-22-17(25-16)20-15(24)12-7-9-13(10-8-12)19-14(23)11(2)3/h7-11H,6H2,1-5H3,(H,19,23)(H,20,22,24). The van der Waals surface area contributed by atoms with Crippen molar-refractivity contribution < 1.29 is 9.59 Å². The van der Waals surface area contributed by atoms with Crippen molar-refractivity contribution in [2.24, 2.45) is 5.92 Å². The minimum absolute atomic E-state index is 0.0582. The van der Waals surface area contributed by atoms with E-state index < -0.39 is 0 Å². The van der Waals surface area contributed by atoms with Gasteiger partial charge in [-0.2, -0.15) is 0 Å². The maximum Gasteiger partial charge on any atom is 0.257 e. The van der Waals surface area contributed by atoms with Gasteiger partial charge in [-0.3, -0.25) is 14.9 Å². The summed E-state index contributed by atoms with van der Waals surface area (Å²) >= 11 is 1.39. The highest BCUT2D eigenvalue weighted by atomic mass is 32.1. The number of hydrogen-bond donors (Lipinski definition) is 2. The SMILES string of the molecule is CCC(C)(C)c1nnc(NC(=O)c2ccc(NC(=O)C(C)C)cc2)s1. The topological polar surface area (TPSA) is 84.0 Å². The highest BCUT2D eigenvalue weighted by molar-refractivity contribution is 7.15. The number of nitrogens with zero attached hydrogens (tertiary/aromatic N) is 2. The van der Waals surface area contributed by atoms with Gasteiger partial charge in [-0.25, -0.2) is 0 Å². The first-order valence-electron chi connectivity index (χ1n) is 8.29. The molecule has 0 fully saturated rings. The number of aromatic nitrogens is 2. The van der Waals surface area contributed by atoms with E-state index in [9.17, 15) is 9.59 Å². The lowest BCUT2D eigenvalue weighted by Crippen LogP contribution is -2.18. The fourth-order valence-corrected chi connectivity index (χ4v) is 2.77. The first-order valence-corrected chi connectivity index (χ1v) is 9.11. The number of benzene rings is 1. The number of nitrogens with one attached hydrogen (secondary N) is 2. The van der Waals surface area contributed by atoms with Gasteiger partial charge in [-0.05, 0) is 30.7 Å². The van der Waals surface area contributed by atoms with Crippen LogP contribution in [0.4, 0.5) is 10.8 Å². The van der Waals surface area contributed by atoms with E-state index in [1.807, 2.05) is 13.8 Å². The molecule has 25 heavy (non-hydrogen) atoms. The van der Waals surface area contributed by atoms with Crippen LogP contribution in [0.5, 0.6) is 0 Å². The maximum absolute atomic E-state index is 12.3. The number of anilines is 2. The summed E-state index contributed by atoms with van der Waals surface area (Å²) in [5, 5.41) is 15.2. The highest BCUT2D eigenvalue weighted by Gasteiger charge is 2.23. The molecule has 134 valence electrons. The fourth-order valence-electron chi connectivity index (χ4n) is 1.86. The molecule has 1 aromatic heterocycles. The minimum atomic E-state index is -0.251. The zero-order valence-corrected chi connectivity index (χ0v) is 16.0. The lowest BCUT2D eigenvalue weighted by molar-refractivity contribution is -0.118. The van der Waals surface area contributed by atoms with E-state index in [0.29, 0.717) is 16.4 Å². The van der Waals surface area contributed by atoms with Crippen LogP contribution in [-0.4, -0.2) is 22.0 Å². The second-order valence-electron chi connectivity index (χ2n) is 6.83. The van der Waals surface area contributed by atoms with E-state index in [0.717, 1.165) is 11.4 Å². The monoisotopic (exact) mass is 360 g/mol. The molecule has 0 aliphatic rings. The summed E-state index contributed by atoms with van der Waals surface area (Å²) < 4.78 is 0. The Morgan fingerprint density at radius 1 is 1.12 bits per heavy atom. The normalized spacial score (nSPS) is 11.4. The summed E-state index contributed by atoms with van der Waals surface area (Å²) in [6, 6.07) is 6.76. The predicted molar refractivity (Wildman–Crippen MR) is 101 cm³/mol. The molecule has 2 N–H and O–H groups in total. The zero-order valence-electron chi connectivity index (χ0n) is 15.2. The van der Waals surface area contributed by atoms with Gasteiger partial charge >= 0.3 is 0 Å². The van der Waals surface area contributed by atoms with Crippen LogP contribution in [0, 0.1) is 5.92 Å². The molecule has 0 unspecified atom stereocenters. The molecule has 0 aliphatic heterocycles. The van der Waals surface area contributed by atoms with Crippen LogP contribution in [-0.2, 0) is 10.2 Å². The van der Waals surface area contributed by atoms with Gasteiger partial charge in [0.05, 0.1) is 0 Å². The molecule has 0 radical (unpaired) electrons. The van der Waals surface area contributed by atoms with Crippen LogP contribution in [0.3, 0.4) is 0 Å².